The van der Waals surface area contributed by atoms with E-state index in [-0.39, 0.29) is 23.8 Å². The normalized spacial score (nSPS) is 18.3. The van der Waals surface area contributed by atoms with E-state index < -0.39 is 0 Å². The van der Waals surface area contributed by atoms with E-state index in [4.69, 9.17) is 4.99 Å². The fourth-order valence-corrected chi connectivity index (χ4v) is 14.9. The van der Waals surface area contributed by atoms with Crippen molar-refractivity contribution < 1.29 is 0 Å². The van der Waals surface area contributed by atoms with Gasteiger partial charge in [-0.2, -0.15) is 0 Å². The van der Waals surface area contributed by atoms with Crippen molar-refractivity contribution in [3.63, 3.8) is 0 Å². The van der Waals surface area contributed by atoms with E-state index in [1.165, 1.54) is 130 Å². The minimum atomic E-state index is -0.139. The molecular formula is C70H55N3S. The number of thiophene rings is 1. The number of aliphatic imine (C=N–C) groups is 1. The first-order valence-electron chi connectivity index (χ1n) is 26.8. The van der Waals surface area contributed by atoms with Crippen LogP contribution >= 0.6 is 11.3 Å². The largest absolute Gasteiger partial charge is 0.309 e. The second-order valence-electron chi connectivity index (χ2n) is 21.1. The first-order chi connectivity index (χ1) is 36.6. The highest BCUT2D eigenvalue weighted by Gasteiger charge is 2.37. The van der Waals surface area contributed by atoms with Gasteiger partial charge in [-0.3, -0.25) is 4.99 Å². The Balaban J connectivity index is 1.03. The van der Waals surface area contributed by atoms with Gasteiger partial charge in [0.05, 0.1) is 33.8 Å². The molecule has 0 bridgehead atoms. The number of fused-ring (bicyclic) bond motifs is 13. The summed E-state index contributed by atoms with van der Waals surface area (Å²) in [6.07, 6.45) is 9.87. The monoisotopic (exact) mass is 969 g/mol. The summed E-state index contributed by atoms with van der Waals surface area (Å²) in [5, 5.41) is 13.0. The molecule has 3 aromatic heterocycles. The number of rotatable bonds is 6. The van der Waals surface area contributed by atoms with Gasteiger partial charge in [-0.25, -0.2) is 0 Å². The van der Waals surface area contributed by atoms with Crippen LogP contribution in [0.2, 0.25) is 0 Å². The van der Waals surface area contributed by atoms with Crippen LogP contribution in [0.5, 0.6) is 0 Å². The number of aryl methyl sites for hydroxylation is 1. The summed E-state index contributed by atoms with van der Waals surface area (Å²) in [5.74, 6) is 0.591. The fraction of sp³-hybridized carbons (Fsp3) is 0.157. The summed E-state index contributed by atoms with van der Waals surface area (Å²) in [6, 6.07) is 75.6. The smallest absolute Gasteiger partial charge is 0.0805 e. The van der Waals surface area contributed by atoms with Gasteiger partial charge in [-0.15, -0.1) is 11.3 Å². The van der Waals surface area contributed by atoms with Gasteiger partial charge < -0.3 is 9.13 Å². The Kier molecular flexibility index (Phi) is 10.2. The molecule has 10 aromatic carbocycles. The number of benzene rings is 10. The van der Waals surface area contributed by atoms with E-state index in [9.17, 15) is 0 Å². The molecule has 2 aliphatic rings. The quantitative estimate of drug-likeness (QED) is 0.158. The average Bonchev–Trinajstić information content (AvgIpc) is 4.11. The van der Waals surface area contributed by atoms with Crippen LogP contribution in [-0.2, 0) is 6.42 Å². The molecule has 15 rings (SSSR count). The predicted molar refractivity (Wildman–Crippen MR) is 317 cm³/mol. The molecule has 74 heavy (non-hydrogen) atoms. The SMILES string of the molecule is CCC1C(c2ccccc2)=NC(c2c(-n3c4cc5c(cc4c4cc6ccccc6cc43)CCC=C5)ccc3sc4c5ccccc5ccc4c23)[C@H](C)CCC1c1cccc2c3ccccc3n(-c3ccccc3)c12. The Hall–Kier alpha value is -8.05. The molecule has 0 amide bonds. The molecular weight excluding hydrogens is 915 g/mol. The molecule has 1 aliphatic heterocycles. The Morgan fingerprint density at radius 2 is 1.28 bits per heavy atom. The standard InChI is InChI=1S/C70H55N3S/c1-3-51-53(55-30-18-31-56-54-29-16-17-32-60(54)72(69(55)56)50-26-8-5-9-27-50)35-33-43(2)67(71-68(51)45-20-6-4-7-21-45)66-61(37-38-64-65(66)57-36-34-44-19-14-15-28-52(44)70(57)74-64)73-62-41-48-24-12-10-22-46(48)39-58(62)59-40-47-23-11-13-25-49(47)42-63(59)73/h4-10,12-22,24-32,34,36-43,51,53,67H,3,11,23,33,35H2,1-2H3/t43-,51?,53?,67?/m1/s1. The van der Waals surface area contributed by atoms with Crippen molar-refractivity contribution in [1.82, 2.24) is 9.13 Å². The Morgan fingerprint density at radius 3 is 2.12 bits per heavy atom. The first kappa shape index (κ1) is 43.5. The molecule has 3 nitrogen and oxygen atoms in total. The Labute approximate surface area is 435 Å². The van der Waals surface area contributed by atoms with Gasteiger partial charge in [0, 0.05) is 64.6 Å². The molecule has 1 aliphatic carbocycles. The van der Waals surface area contributed by atoms with Crippen LogP contribution in [-0.4, -0.2) is 14.8 Å². The lowest BCUT2D eigenvalue weighted by Gasteiger charge is -2.36. The van der Waals surface area contributed by atoms with Gasteiger partial charge in [-0.1, -0.05) is 172 Å². The summed E-state index contributed by atoms with van der Waals surface area (Å²) in [5.41, 5.74) is 15.4. The summed E-state index contributed by atoms with van der Waals surface area (Å²) < 4.78 is 7.85. The van der Waals surface area contributed by atoms with Crippen molar-refractivity contribution in [1.29, 1.82) is 0 Å². The van der Waals surface area contributed by atoms with Crippen LogP contribution in [0.15, 0.2) is 211 Å². The lowest BCUT2D eigenvalue weighted by molar-refractivity contribution is 0.364. The third-order valence-corrected chi connectivity index (χ3v) is 18.3. The number of para-hydroxylation sites is 3. The van der Waals surface area contributed by atoms with Gasteiger partial charge in [0.15, 0.2) is 0 Å². The number of allylic oxidation sites excluding steroid dienone is 1. The molecule has 4 heterocycles. The number of hydrogen-bond donors (Lipinski definition) is 0. The van der Waals surface area contributed by atoms with Crippen molar-refractivity contribution >= 4 is 108 Å². The van der Waals surface area contributed by atoms with Gasteiger partial charge in [-0.05, 0) is 142 Å². The van der Waals surface area contributed by atoms with E-state index in [2.05, 4.69) is 235 Å². The molecule has 4 atom stereocenters. The fourth-order valence-electron chi connectivity index (χ4n) is 13.6. The molecule has 0 saturated carbocycles. The third-order valence-electron chi connectivity index (χ3n) is 17.1. The lowest BCUT2D eigenvalue weighted by Crippen LogP contribution is -2.28. The number of aromatic nitrogens is 2. The van der Waals surface area contributed by atoms with E-state index in [1.807, 2.05) is 11.3 Å². The molecule has 0 N–H and O–H groups in total. The average molecular weight is 970 g/mol. The van der Waals surface area contributed by atoms with Crippen LogP contribution in [0.4, 0.5) is 0 Å². The highest BCUT2D eigenvalue weighted by atomic mass is 32.1. The van der Waals surface area contributed by atoms with Gasteiger partial charge in [0.1, 0.15) is 0 Å². The summed E-state index contributed by atoms with van der Waals surface area (Å²) in [7, 11) is 0. The van der Waals surface area contributed by atoms with Crippen LogP contribution in [0.25, 0.3) is 103 Å². The molecule has 3 unspecified atom stereocenters. The number of nitrogens with zero attached hydrogens (tertiary/aromatic N) is 3. The second kappa shape index (κ2) is 17.3. The van der Waals surface area contributed by atoms with Crippen molar-refractivity contribution in [3.05, 3.63) is 234 Å². The minimum Gasteiger partial charge on any atom is -0.309 e. The van der Waals surface area contributed by atoms with Crippen molar-refractivity contribution in [2.45, 2.75) is 57.9 Å². The number of hydrogen-bond acceptors (Lipinski definition) is 2. The first-order valence-corrected chi connectivity index (χ1v) is 27.7. The van der Waals surface area contributed by atoms with Crippen LogP contribution < -0.4 is 0 Å². The highest BCUT2D eigenvalue weighted by Crippen LogP contribution is 2.51. The molecule has 0 spiro atoms. The molecule has 13 aromatic rings. The zero-order chi connectivity index (χ0) is 49.0. The summed E-state index contributed by atoms with van der Waals surface area (Å²) in [4.78, 5) is 6.43. The maximum atomic E-state index is 6.43. The molecule has 356 valence electrons. The van der Waals surface area contributed by atoms with Gasteiger partial charge in [0.2, 0.25) is 0 Å². The topological polar surface area (TPSA) is 22.2 Å². The molecule has 4 heteroatoms. The maximum absolute atomic E-state index is 6.43. The highest BCUT2D eigenvalue weighted by molar-refractivity contribution is 7.26. The maximum Gasteiger partial charge on any atom is 0.0805 e. The Bertz CT molecular complexity index is 4450. The van der Waals surface area contributed by atoms with Gasteiger partial charge >= 0.3 is 0 Å². The molecule has 0 radical (unpaired) electrons. The lowest BCUT2D eigenvalue weighted by atomic mass is 9.72. The summed E-state index contributed by atoms with van der Waals surface area (Å²) >= 11 is 1.95. The molecule has 0 saturated heterocycles. The zero-order valence-corrected chi connectivity index (χ0v) is 42.6. The van der Waals surface area contributed by atoms with Crippen molar-refractivity contribution in [2.24, 2.45) is 16.8 Å². The Morgan fingerprint density at radius 1 is 0.568 bits per heavy atom. The van der Waals surface area contributed by atoms with E-state index in [0.717, 1.165) is 32.1 Å². The molecule has 0 fully saturated rings. The van der Waals surface area contributed by atoms with Gasteiger partial charge in [0.25, 0.3) is 0 Å². The van der Waals surface area contributed by atoms with Crippen LogP contribution in [0, 0.1) is 11.8 Å². The van der Waals surface area contributed by atoms with Crippen LogP contribution in [0.1, 0.15) is 79.3 Å². The van der Waals surface area contributed by atoms with E-state index in [1.54, 1.807) is 0 Å². The van der Waals surface area contributed by atoms with E-state index in [0.29, 0.717) is 0 Å². The predicted octanol–water partition coefficient (Wildman–Crippen LogP) is 19.3. The third kappa shape index (κ3) is 6.67. The summed E-state index contributed by atoms with van der Waals surface area (Å²) in [6.45, 7) is 4.92. The second-order valence-corrected chi connectivity index (χ2v) is 22.2. The van der Waals surface area contributed by atoms with Crippen molar-refractivity contribution in [2.75, 3.05) is 0 Å². The van der Waals surface area contributed by atoms with Crippen molar-refractivity contribution in [3.8, 4) is 11.4 Å². The minimum absolute atomic E-state index is 0.139. The van der Waals surface area contributed by atoms with E-state index >= 15 is 0 Å². The zero-order valence-electron chi connectivity index (χ0n) is 41.8. The van der Waals surface area contributed by atoms with Crippen LogP contribution in [0.3, 0.4) is 0 Å².